The number of benzene rings is 3. The Morgan fingerprint density at radius 2 is 1.11 bits per heavy atom. The molecular formula is C28H24O8. The van der Waals surface area contributed by atoms with E-state index in [1.165, 1.54) is 36.4 Å². The van der Waals surface area contributed by atoms with Crippen LogP contribution in [0.15, 0.2) is 103 Å². The van der Waals surface area contributed by atoms with Crippen molar-refractivity contribution in [1.29, 1.82) is 0 Å². The van der Waals surface area contributed by atoms with Crippen LogP contribution in [0.3, 0.4) is 0 Å². The van der Waals surface area contributed by atoms with Crippen molar-refractivity contribution in [2.24, 2.45) is 0 Å². The van der Waals surface area contributed by atoms with Crippen molar-refractivity contribution in [2.75, 3.05) is 6.61 Å². The molecule has 0 saturated heterocycles. The van der Waals surface area contributed by atoms with Crippen LogP contribution in [0.5, 0.6) is 0 Å². The van der Waals surface area contributed by atoms with Crippen LogP contribution >= 0.6 is 0 Å². The number of ether oxygens (including phenoxy) is 3. The Kier molecular flexibility index (Phi) is 7.58. The zero-order valence-electron chi connectivity index (χ0n) is 19.1. The van der Waals surface area contributed by atoms with Crippen molar-refractivity contribution in [3.05, 3.63) is 120 Å². The molecule has 3 aromatic rings. The third-order valence-electron chi connectivity index (χ3n) is 5.73. The molecule has 0 fully saturated rings. The van der Waals surface area contributed by atoms with Crippen molar-refractivity contribution < 1.29 is 38.8 Å². The second-order valence-corrected chi connectivity index (χ2v) is 8.19. The molecule has 0 radical (unpaired) electrons. The van der Waals surface area contributed by atoms with Gasteiger partial charge in [0.25, 0.3) is 0 Å². The molecule has 0 heterocycles. The molecule has 0 spiro atoms. The largest absolute Gasteiger partial charge is 0.459 e. The quantitative estimate of drug-likeness (QED) is 0.296. The number of hydrogen-bond acceptors (Lipinski definition) is 8. The van der Waals surface area contributed by atoms with Gasteiger partial charge in [-0.15, -0.1) is 0 Å². The molecule has 0 aliphatic heterocycles. The summed E-state index contributed by atoms with van der Waals surface area (Å²) in [6.45, 7) is -0.738. The van der Waals surface area contributed by atoms with Gasteiger partial charge < -0.3 is 24.4 Å². The maximum Gasteiger partial charge on any atom is 0.338 e. The summed E-state index contributed by atoms with van der Waals surface area (Å²) >= 11 is 0. The van der Waals surface area contributed by atoms with Gasteiger partial charge in [0.05, 0.1) is 16.7 Å². The van der Waals surface area contributed by atoms with Gasteiger partial charge in [0, 0.05) is 0 Å². The van der Waals surface area contributed by atoms with Gasteiger partial charge >= 0.3 is 17.9 Å². The van der Waals surface area contributed by atoms with E-state index in [0.29, 0.717) is 0 Å². The van der Waals surface area contributed by atoms with E-state index in [0.717, 1.165) is 0 Å². The van der Waals surface area contributed by atoms with E-state index in [-0.39, 0.29) is 16.7 Å². The minimum absolute atomic E-state index is 0.224. The number of esters is 3. The molecular weight excluding hydrogens is 464 g/mol. The molecule has 0 aromatic heterocycles. The van der Waals surface area contributed by atoms with Gasteiger partial charge in [0.1, 0.15) is 18.8 Å². The Labute approximate surface area is 207 Å². The highest BCUT2D eigenvalue weighted by Gasteiger charge is 2.52. The minimum Gasteiger partial charge on any atom is -0.459 e. The topological polar surface area (TPSA) is 119 Å². The summed E-state index contributed by atoms with van der Waals surface area (Å²) in [5.41, 5.74) is -1.62. The number of carbonyl (C=O) groups excluding carboxylic acids is 3. The van der Waals surface area contributed by atoms with E-state index in [9.17, 15) is 24.6 Å². The lowest BCUT2D eigenvalue weighted by atomic mass is 9.82. The van der Waals surface area contributed by atoms with Crippen molar-refractivity contribution in [3.63, 3.8) is 0 Å². The average Bonchev–Trinajstić information content (AvgIpc) is 2.93. The highest BCUT2D eigenvalue weighted by molar-refractivity contribution is 5.90. The van der Waals surface area contributed by atoms with E-state index in [4.69, 9.17) is 14.2 Å². The molecule has 0 unspecified atom stereocenters. The third-order valence-corrected chi connectivity index (χ3v) is 5.73. The maximum atomic E-state index is 12.7. The molecule has 36 heavy (non-hydrogen) atoms. The Morgan fingerprint density at radius 3 is 1.61 bits per heavy atom. The van der Waals surface area contributed by atoms with Crippen molar-refractivity contribution >= 4 is 17.9 Å². The van der Waals surface area contributed by atoms with Crippen molar-refractivity contribution in [2.45, 2.75) is 23.9 Å². The predicted octanol–water partition coefficient (Wildman–Crippen LogP) is 2.96. The highest BCUT2D eigenvalue weighted by Crippen LogP contribution is 2.31. The van der Waals surface area contributed by atoms with Gasteiger partial charge in [-0.3, -0.25) is 0 Å². The zero-order valence-corrected chi connectivity index (χ0v) is 19.1. The summed E-state index contributed by atoms with van der Waals surface area (Å²) in [5, 5.41) is 22.6. The van der Waals surface area contributed by atoms with E-state index in [1.54, 1.807) is 66.7 Å². The number of carbonyl (C=O) groups is 3. The molecule has 184 valence electrons. The summed E-state index contributed by atoms with van der Waals surface area (Å²) in [5.74, 6) is -2.24. The molecule has 4 atom stereocenters. The fourth-order valence-electron chi connectivity index (χ4n) is 3.71. The van der Waals surface area contributed by atoms with E-state index in [1.807, 2.05) is 0 Å². The van der Waals surface area contributed by atoms with Gasteiger partial charge in [-0.25, -0.2) is 14.4 Å². The van der Waals surface area contributed by atoms with E-state index < -0.39 is 48.4 Å². The fraction of sp³-hybridized carbons (Fsp3) is 0.179. The lowest BCUT2D eigenvalue weighted by Crippen LogP contribution is -2.62. The summed E-state index contributed by atoms with van der Waals surface area (Å²) in [6, 6.07) is 24.3. The number of rotatable bonds is 7. The van der Waals surface area contributed by atoms with Crippen LogP contribution in [-0.4, -0.2) is 58.6 Å². The van der Waals surface area contributed by atoms with Crippen LogP contribution < -0.4 is 0 Å². The number of aliphatic hydroxyl groups is 2. The van der Waals surface area contributed by atoms with Crippen molar-refractivity contribution in [3.8, 4) is 0 Å². The first-order valence-electron chi connectivity index (χ1n) is 11.2. The molecule has 1 aliphatic rings. The smallest absolute Gasteiger partial charge is 0.338 e. The predicted molar refractivity (Wildman–Crippen MR) is 128 cm³/mol. The molecule has 8 heteroatoms. The Morgan fingerprint density at radius 1 is 0.667 bits per heavy atom. The zero-order chi connectivity index (χ0) is 25.5. The maximum absolute atomic E-state index is 12.7. The molecule has 0 amide bonds. The van der Waals surface area contributed by atoms with Gasteiger partial charge in [-0.2, -0.15) is 0 Å². The molecule has 0 bridgehead atoms. The van der Waals surface area contributed by atoms with E-state index in [2.05, 4.69) is 0 Å². The summed E-state index contributed by atoms with van der Waals surface area (Å²) in [4.78, 5) is 37.7. The lowest BCUT2D eigenvalue weighted by molar-refractivity contribution is -0.184. The molecule has 3 aromatic carbocycles. The molecule has 8 nitrogen and oxygen atoms in total. The van der Waals surface area contributed by atoms with Gasteiger partial charge in [0.15, 0.2) is 11.7 Å². The SMILES string of the molecule is O=C(OC[C@@]1(O)[C@H](O)[C@H](OC(=O)c2ccccc2)C=C[C@H]1OC(=O)c1ccccc1)c1ccccc1. The van der Waals surface area contributed by atoms with Crippen LogP contribution in [0.2, 0.25) is 0 Å². The van der Waals surface area contributed by atoms with Crippen LogP contribution in [-0.2, 0) is 14.2 Å². The number of aliphatic hydroxyl groups excluding tert-OH is 1. The average molecular weight is 488 g/mol. The normalized spacial score (nSPS) is 22.9. The first-order valence-corrected chi connectivity index (χ1v) is 11.2. The van der Waals surface area contributed by atoms with Crippen molar-refractivity contribution in [1.82, 2.24) is 0 Å². The second kappa shape index (κ2) is 11.0. The van der Waals surface area contributed by atoms with Gasteiger partial charge in [-0.05, 0) is 48.6 Å². The molecule has 0 saturated carbocycles. The highest BCUT2D eigenvalue weighted by atomic mass is 16.6. The molecule has 2 N–H and O–H groups in total. The second-order valence-electron chi connectivity index (χ2n) is 8.19. The Bertz CT molecular complexity index is 1230. The Hall–Kier alpha value is -4.27. The van der Waals surface area contributed by atoms with Crippen LogP contribution in [0.4, 0.5) is 0 Å². The minimum atomic E-state index is -2.31. The lowest BCUT2D eigenvalue weighted by Gasteiger charge is -2.42. The first-order chi connectivity index (χ1) is 17.4. The molecule has 4 rings (SSSR count). The monoisotopic (exact) mass is 488 g/mol. The standard InChI is InChI=1S/C28H24O8/c29-24-22(35-26(31)20-12-6-2-7-13-20)16-17-23(36-27(32)21-14-8-3-9-15-21)28(24,33)18-34-25(30)19-10-4-1-5-11-19/h1-17,22-24,29,33H,18H2/t22-,23-,24-,28+/m1/s1. The summed E-state index contributed by atoms with van der Waals surface area (Å²) in [6.07, 6.45) is -1.87. The van der Waals surface area contributed by atoms with Gasteiger partial charge in [0.2, 0.25) is 0 Å². The van der Waals surface area contributed by atoms with Crippen LogP contribution in [0, 0.1) is 0 Å². The van der Waals surface area contributed by atoms with Gasteiger partial charge in [-0.1, -0.05) is 54.6 Å². The fourth-order valence-corrected chi connectivity index (χ4v) is 3.71. The first kappa shape index (κ1) is 24.8. The third kappa shape index (κ3) is 5.51. The van der Waals surface area contributed by atoms with Crippen LogP contribution in [0.1, 0.15) is 31.1 Å². The van der Waals surface area contributed by atoms with Crippen LogP contribution in [0.25, 0.3) is 0 Å². The number of hydrogen-bond donors (Lipinski definition) is 2. The summed E-state index contributed by atoms with van der Waals surface area (Å²) < 4.78 is 16.2. The molecule has 1 aliphatic carbocycles. The summed E-state index contributed by atoms with van der Waals surface area (Å²) in [7, 11) is 0. The van der Waals surface area contributed by atoms with E-state index >= 15 is 0 Å². The Balaban J connectivity index is 1.56.